The predicted octanol–water partition coefficient (Wildman–Crippen LogP) is 2.31. The molecule has 1 saturated carbocycles. The molecule has 5 nitrogen and oxygen atoms in total. The van der Waals surface area contributed by atoms with Crippen molar-refractivity contribution in [3.05, 3.63) is 16.1 Å². The first-order valence-electron chi connectivity index (χ1n) is 7.10. The van der Waals surface area contributed by atoms with Gasteiger partial charge in [0.05, 0.1) is 17.2 Å². The topological polar surface area (TPSA) is 74.2 Å². The summed E-state index contributed by atoms with van der Waals surface area (Å²) in [4.78, 5) is 15.2. The maximum atomic E-state index is 12.4. The number of thiazole rings is 1. The Labute approximate surface area is 129 Å². The first kappa shape index (κ1) is 17.0. The van der Waals surface area contributed by atoms with Crippen LogP contribution in [0.1, 0.15) is 36.4 Å². The van der Waals surface area contributed by atoms with Crippen molar-refractivity contribution in [2.45, 2.75) is 50.4 Å². The molecule has 1 aliphatic carbocycles. The first-order chi connectivity index (χ1) is 10.4. The first-order valence-corrected chi connectivity index (χ1v) is 7.98. The number of urea groups is 1. The van der Waals surface area contributed by atoms with Gasteiger partial charge in [-0.1, -0.05) is 12.8 Å². The molecular weight excluding hydrogens is 319 g/mol. The third-order valence-electron chi connectivity index (χ3n) is 3.51. The maximum Gasteiger partial charge on any atom is 0.434 e. The molecule has 2 amide bonds. The van der Waals surface area contributed by atoms with Crippen molar-refractivity contribution < 1.29 is 23.1 Å². The molecule has 0 spiro atoms. The van der Waals surface area contributed by atoms with Crippen molar-refractivity contribution in [2.75, 3.05) is 6.54 Å². The second-order valence-electron chi connectivity index (χ2n) is 5.23. The fourth-order valence-electron chi connectivity index (χ4n) is 2.34. The molecule has 0 radical (unpaired) electrons. The number of alkyl halides is 3. The number of carbonyl (C=O) groups excluding carboxylic acids is 1. The molecule has 9 heteroatoms. The van der Waals surface area contributed by atoms with E-state index in [2.05, 4.69) is 15.6 Å². The third-order valence-corrected chi connectivity index (χ3v) is 4.42. The smallest absolute Gasteiger partial charge is 0.391 e. The Morgan fingerprint density at radius 1 is 1.41 bits per heavy atom. The van der Waals surface area contributed by atoms with E-state index in [1.54, 1.807) is 0 Å². The number of aliphatic hydroxyl groups excluding tert-OH is 1. The van der Waals surface area contributed by atoms with Crippen molar-refractivity contribution in [1.29, 1.82) is 0 Å². The summed E-state index contributed by atoms with van der Waals surface area (Å²) < 4.78 is 37.2. The fraction of sp³-hybridized carbons (Fsp3) is 0.692. The van der Waals surface area contributed by atoms with Crippen LogP contribution < -0.4 is 10.6 Å². The minimum Gasteiger partial charge on any atom is -0.391 e. The zero-order chi connectivity index (χ0) is 16.2. The maximum absolute atomic E-state index is 12.4. The molecule has 1 fully saturated rings. The molecular formula is C13H18F3N3O2S. The van der Waals surface area contributed by atoms with Crippen molar-refractivity contribution in [3.63, 3.8) is 0 Å². The van der Waals surface area contributed by atoms with E-state index in [-0.39, 0.29) is 19.0 Å². The number of rotatable bonds is 4. The molecule has 0 saturated heterocycles. The van der Waals surface area contributed by atoms with Gasteiger partial charge < -0.3 is 15.7 Å². The molecule has 1 aromatic rings. The van der Waals surface area contributed by atoms with Gasteiger partial charge in [-0.25, -0.2) is 9.78 Å². The summed E-state index contributed by atoms with van der Waals surface area (Å²) >= 11 is 0.921. The van der Waals surface area contributed by atoms with Crippen LogP contribution in [-0.4, -0.2) is 34.8 Å². The number of nitrogens with one attached hydrogen (secondary N) is 2. The lowest BCUT2D eigenvalue weighted by atomic mass is 9.93. The summed E-state index contributed by atoms with van der Waals surface area (Å²) in [6.45, 7) is 0.194. The van der Waals surface area contributed by atoms with Crippen LogP contribution in [0.15, 0.2) is 5.38 Å². The number of aliphatic hydroxyl groups is 1. The number of aromatic nitrogens is 1. The molecule has 0 aliphatic heterocycles. The molecule has 2 atom stereocenters. The monoisotopic (exact) mass is 337 g/mol. The van der Waals surface area contributed by atoms with Gasteiger partial charge in [-0.15, -0.1) is 11.3 Å². The highest BCUT2D eigenvalue weighted by Crippen LogP contribution is 2.30. The molecule has 0 unspecified atom stereocenters. The lowest BCUT2D eigenvalue weighted by molar-refractivity contribution is -0.140. The Balaban J connectivity index is 1.71. The van der Waals surface area contributed by atoms with E-state index >= 15 is 0 Å². The van der Waals surface area contributed by atoms with Gasteiger partial charge in [0.25, 0.3) is 0 Å². The van der Waals surface area contributed by atoms with Gasteiger partial charge in [0.2, 0.25) is 0 Å². The second kappa shape index (κ2) is 7.28. The van der Waals surface area contributed by atoms with Crippen LogP contribution in [0.2, 0.25) is 0 Å². The summed E-state index contributed by atoms with van der Waals surface area (Å²) in [5.41, 5.74) is -0.901. The lowest BCUT2D eigenvalue weighted by Crippen LogP contribution is -2.49. The summed E-state index contributed by atoms with van der Waals surface area (Å²) in [7, 11) is 0. The number of carbonyl (C=O) groups is 1. The largest absolute Gasteiger partial charge is 0.434 e. The van der Waals surface area contributed by atoms with Crippen molar-refractivity contribution in [2.24, 2.45) is 0 Å². The van der Waals surface area contributed by atoms with E-state index in [1.807, 2.05) is 0 Å². The Kier molecular flexibility index (Phi) is 5.63. The van der Waals surface area contributed by atoms with Crippen LogP contribution in [0.5, 0.6) is 0 Å². The van der Waals surface area contributed by atoms with E-state index in [4.69, 9.17) is 0 Å². The average Bonchev–Trinajstić information content (AvgIpc) is 2.90. The molecule has 1 aliphatic rings. The van der Waals surface area contributed by atoms with Gasteiger partial charge in [0.15, 0.2) is 5.69 Å². The number of amides is 2. The number of hydrogen-bond donors (Lipinski definition) is 3. The van der Waals surface area contributed by atoms with Crippen LogP contribution in [0.3, 0.4) is 0 Å². The predicted molar refractivity (Wildman–Crippen MR) is 75.6 cm³/mol. The van der Waals surface area contributed by atoms with Gasteiger partial charge in [0.1, 0.15) is 0 Å². The Morgan fingerprint density at radius 2 is 2.14 bits per heavy atom. The Hall–Kier alpha value is -1.35. The summed E-state index contributed by atoms with van der Waals surface area (Å²) in [6.07, 6.45) is -1.42. The van der Waals surface area contributed by atoms with Crippen LogP contribution in [0, 0.1) is 0 Å². The third kappa shape index (κ3) is 4.84. The SMILES string of the molecule is O=C(NCCc1nc(C(F)(F)F)cs1)N[C@H]1CCCC[C@@H]1O. The van der Waals surface area contributed by atoms with Gasteiger partial charge in [0, 0.05) is 18.3 Å². The normalized spacial score (nSPS) is 22.4. The number of hydrogen-bond acceptors (Lipinski definition) is 4. The molecule has 3 N–H and O–H groups in total. The quantitative estimate of drug-likeness (QED) is 0.789. The zero-order valence-electron chi connectivity index (χ0n) is 11.8. The van der Waals surface area contributed by atoms with Crippen LogP contribution in [0.4, 0.5) is 18.0 Å². The van der Waals surface area contributed by atoms with Crippen molar-refractivity contribution in [1.82, 2.24) is 15.6 Å². The summed E-state index contributed by atoms with van der Waals surface area (Å²) in [5, 5.41) is 16.3. The van der Waals surface area contributed by atoms with Gasteiger partial charge in [-0.05, 0) is 12.8 Å². The van der Waals surface area contributed by atoms with Crippen molar-refractivity contribution in [3.8, 4) is 0 Å². The Bertz CT molecular complexity index is 507. The van der Waals surface area contributed by atoms with Crippen LogP contribution >= 0.6 is 11.3 Å². The van der Waals surface area contributed by atoms with Gasteiger partial charge in [-0.2, -0.15) is 13.2 Å². The van der Waals surface area contributed by atoms with Crippen LogP contribution in [0.25, 0.3) is 0 Å². The standard InChI is InChI=1S/C13H18F3N3O2S/c14-13(15,16)10-7-22-11(19-10)5-6-17-12(21)18-8-3-1-2-4-9(8)20/h7-9,20H,1-6H2,(H2,17,18,21)/t8-,9-/m0/s1. The van der Waals surface area contributed by atoms with E-state index in [0.29, 0.717) is 11.4 Å². The molecule has 1 heterocycles. The summed E-state index contributed by atoms with van der Waals surface area (Å²) in [5.74, 6) is 0. The van der Waals surface area contributed by atoms with E-state index in [1.165, 1.54) is 0 Å². The van der Waals surface area contributed by atoms with Gasteiger partial charge in [-0.3, -0.25) is 0 Å². The lowest BCUT2D eigenvalue weighted by Gasteiger charge is -2.28. The van der Waals surface area contributed by atoms with Crippen molar-refractivity contribution >= 4 is 17.4 Å². The van der Waals surface area contributed by atoms with E-state index in [0.717, 1.165) is 36.0 Å². The highest BCUT2D eigenvalue weighted by molar-refractivity contribution is 7.09. The minimum atomic E-state index is -4.43. The van der Waals surface area contributed by atoms with Gasteiger partial charge >= 0.3 is 12.2 Å². The minimum absolute atomic E-state index is 0.194. The molecule has 124 valence electrons. The second-order valence-corrected chi connectivity index (χ2v) is 6.18. The van der Waals surface area contributed by atoms with Crippen LogP contribution in [-0.2, 0) is 12.6 Å². The molecule has 2 rings (SSSR count). The summed E-state index contributed by atoms with van der Waals surface area (Å²) in [6, 6.07) is -0.677. The molecule has 0 bridgehead atoms. The average molecular weight is 337 g/mol. The fourth-order valence-corrected chi connectivity index (χ4v) is 3.14. The zero-order valence-corrected chi connectivity index (χ0v) is 12.6. The number of halogens is 3. The highest BCUT2D eigenvalue weighted by Gasteiger charge is 2.33. The van der Waals surface area contributed by atoms with E-state index < -0.39 is 24.0 Å². The molecule has 22 heavy (non-hydrogen) atoms. The number of nitrogens with zero attached hydrogens (tertiary/aromatic N) is 1. The molecule has 0 aromatic carbocycles. The Morgan fingerprint density at radius 3 is 2.77 bits per heavy atom. The highest BCUT2D eigenvalue weighted by atomic mass is 32.1. The van der Waals surface area contributed by atoms with E-state index in [9.17, 15) is 23.1 Å². The molecule has 1 aromatic heterocycles.